The Hall–Kier alpha value is -1.45. The molecule has 0 spiro atoms. The van der Waals surface area contributed by atoms with Gasteiger partial charge >= 0.3 is 0 Å². The molecule has 2 aromatic rings. The number of nitrogens with one attached hydrogen (secondary N) is 1. The minimum Gasteiger partial charge on any atom is -0.378 e. The lowest BCUT2D eigenvalue weighted by Gasteiger charge is -2.23. The zero-order valence-electron chi connectivity index (χ0n) is 12.9. The number of para-hydroxylation sites is 1. The summed E-state index contributed by atoms with van der Waals surface area (Å²) in [5, 5.41) is 4.83. The van der Waals surface area contributed by atoms with E-state index >= 15 is 0 Å². The second-order valence-corrected chi connectivity index (χ2v) is 6.00. The Bertz CT molecular complexity index is 599. The molecule has 1 saturated heterocycles. The van der Waals surface area contributed by atoms with E-state index < -0.39 is 0 Å². The first-order valence-electron chi connectivity index (χ1n) is 7.96. The van der Waals surface area contributed by atoms with Crippen molar-refractivity contribution in [3.8, 4) is 0 Å². The number of rotatable bonds is 5. The van der Waals surface area contributed by atoms with Gasteiger partial charge in [-0.1, -0.05) is 31.2 Å². The van der Waals surface area contributed by atoms with Crippen LogP contribution in [0.2, 0.25) is 0 Å². The highest BCUT2D eigenvalue weighted by molar-refractivity contribution is 5.78. The molecule has 0 aliphatic carbocycles. The van der Waals surface area contributed by atoms with E-state index in [1.54, 1.807) is 0 Å². The summed E-state index contributed by atoms with van der Waals surface area (Å²) in [7, 11) is 0. The monoisotopic (exact) mass is 284 g/mol. The summed E-state index contributed by atoms with van der Waals surface area (Å²) in [5.41, 5.74) is 2.25. The maximum atomic E-state index is 5.74. The Balaban J connectivity index is 1.77. The largest absolute Gasteiger partial charge is 0.378 e. The number of nitrogens with zero attached hydrogens (tertiary/aromatic N) is 1. The van der Waals surface area contributed by atoms with Crippen LogP contribution in [0.4, 0.5) is 0 Å². The van der Waals surface area contributed by atoms with Gasteiger partial charge < -0.3 is 10.1 Å². The molecule has 3 heteroatoms. The smallest absolute Gasteiger partial charge is 0.0705 e. The maximum Gasteiger partial charge on any atom is 0.0705 e. The normalized spacial score (nSPS) is 23.5. The van der Waals surface area contributed by atoms with Gasteiger partial charge in [-0.25, -0.2) is 0 Å². The zero-order valence-corrected chi connectivity index (χ0v) is 12.9. The number of ether oxygens (including phenoxy) is 1. The number of hydrogen-bond donors (Lipinski definition) is 1. The van der Waals surface area contributed by atoms with Crippen molar-refractivity contribution in [2.45, 2.75) is 38.8 Å². The maximum absolute atomic E-state index is 5.74. The highest BCUT2D eigenvalue weighted by Crippen LogP contribution is 2.24. The van der Waals surface area contributed by atoms with Crippen LogP contribution in [0.1, 0.15) is 26.0 Å². The Morgan fingerprint density at radius 1 is 1.29 bits per heavy atom. The van der Waals surface area contributed by atoms with E-state index in [9.17, 15) is 0 Å². The lowest BCUT2D eigenvalue weighted by molar-refractivity contribution is 0.117. The minimum atomic E-state index is 0.390. The molecule has 1 aromatic carbocycles. The van der Waals surface area contributed by atoms with Crippen molar-refractivity contribution >= 4 is 10.9 Å². The fourth-order valence-electron chi connectivity index (χ4n) is 3.25. The Labute approximate surface area is 126 Å². The average molecular weight is 284 g/mol. The first-order valence-corrected chi connectivity index (χ1v) is 7.96. The highest BCUT2D eigenvalue weighted by atomic mass is 16.5. The van der Waals surface area contributed by atoms with Crippen LogP contribution >= 0.6 is 0 Å². The van der Waals surface area contributed by atoms with Gasteiger partial charge in [-0.2, -0.15) is 0 Å². The first kappa shape index (κ1) is 14.5. The summed E-state index contributed by atoms with van der Waals surface area (Å²) in [6.07, 6.45) is 2.51. The van der Waals surface area contributed by atoms with Crippen LogP contribution < -0.4 is 5.32 Å². The van der Waals surface area contributed by atoms with Crippen LogP contribution in [-0.2, 0) is 11.2 Å². The van der Waals surface area contributed by atoms with E-state index in [4.69, 9.17) is 9.72 Å². The molecule has 3 rings (SSSR count). The van der Waals surface area contributed by atoms with Crippen molar-refractivity contribution in [1.29, 1.82) is 0 Å². The van der Waals surface area contributed by atoms with E-state index in [1.807, 2.05) is 6.07 Å². The summed E-state index contributed by atoms with van der Waals surface area (Å²) in [5.74, 6) is 0.591. The third-order valence-electron chi connectivity index (χ3n) is 4.35. The van der Waals surface area contributed by atoms with Crippen molar-refractivity contribution in [2.75, 3.05) is 13.2 Å². The summed E-state index contributed by atoms with van der Waals surface area (Å²) < 4.78 is 5.74. The second-order valence-electron chi connectivity index (χ2n) is 6.00. The minimum absolute atomic E-state index is 0.390. The molecule has 1 aliphatic heterocycles. The number of aromatic nitrogens is 1. The van der Waals surface area contributed by atoms with E-state index in [2.05, 4.69) is 49.5 Å². The van der Waals surface area contributed by atoms with Gasteiger partial charge in [0.05, 0.1) is 18.2 Å². The first-order chi connectivity index (χ1) is 10.3. The van der Waals surface area contributed by atoms with Crippen molar-refractivity contribution in [1.82, 2.24) is 10.3 Å². The van der Waals surface area contributed by atoms with Gasteiger partial charge in [-0.05, 0) is 32.0 Å². The topological polar surface area (TPSA) is 34.2 Å². The quantitative estimate of drug-likeness (QED) is 0.915. The summed E-state index contributed by atoms with van der Waals surface area (Å²) >= 11 is 0. The molecule has 0 saturated carbocycles. The van der Waals surface area contributed by atoms with Crippen LogP contribution in [0.25, 0.3) is 10.9 Å². The van der Waals surface area contributed by atoms with Gasteiger partial charge in [0.1, 0.15) is 0 Å². The lowest BCUT2D eigenvalue weighted by Crippen LogP contribution is -2.38. The predicted octanol–water partition coefficient (Wildman–Crippen LogP) is 3.18. The van der Waals surface area contributed by atoms with E-state index in [-0.39, 0.29) is 0 Å². The van der Waals surface area contributed by atoms with Gasteiger partial charge in [0.25, 0.3) is 0 Å². The molecule has 0 amide bonds. The third-order valence-corrected chi connectivity index (χ3v) is 4.35. The summed E-state index contributed by atoms with van der Waals surface area (Å²) in [6.45, 7) is 6.19. The average Bonchev–Trinajstić information content (AvgIpc) is 2.93. The van der Waals surface area contributed by atoms with Crippen molar-refractivity contribution in [3.05, 3.63) is 42.1 Å². The molecule has 0 bridgehead atoms. The van der Waals surface area contributed by atoms with Crippen LogP contribution in [0.5, 0.6) is 0 Å². The molecular weight excluding hydrogens is 260 g/mol. The number of fused-ring (bicyclic) bond motifs is 1. The van der Waals surface area contributed by atoms with Gasteiger partial charge in [0.2, 0.25) is 0 Å². The number of pyridine rings is 1. The molecule has 2 heterocycles. The van der Waals surface area contributed by atoms with Crippen LogP contribution in [0.15, 0.2) is 36.4 Å². The Morgan fingerprint density at radius 3 is 2.90 bits per heavy atom. The van der Waals surface area contributed by atoms with Gasteiger partial charge in [0, 0.05) is 29.5 Å². The molecule has 3 nitrogen and oxygen atoms in total. The second kappa shape index (κ2) is 6.54. The third kappa shape index (κ3) is 3.42. The van der Waals surface area contributed by atoms with E-state index in [0.717, 1.165) is 31.5 Å². The molecule has 112 valence electrons. The molecular formula is C18H24N2O. The number of benzene rings is 1. The van der Waals surface area contributed by atoms with Crippen LogP contribution in [-0.4, -0.2) is 30.3 Å². The highest BCUT2D eigenvalue weighted by Gasteiger charge is 2.29. The number of likely N-dealkylation sites (N-methyl/N-ethyl adjacent to an activating group) is 1. The Kier molecular flexibility index (Phi) is 4.51. The predicted molar refractivity (Wildman–Crippen MR) is 86.4 cm³/mol. The lowest BCUT2D eigenvalue weighted by atomic mass is 9.93. The van der Waals surface area contributed by atoms with E-state index in [0.29, 0.717) is 18.1 Å². The fraction of sp³-hybridized carbons (Fsp3) is 0.500. The molecule has 1 aliphatic rings. The van der Waals surface area contributed by atoms with Crippen molar-refractivity contribution in [2.24, 2.45) is 5.92 Å². The Morgan fingerprint density at radius 2 is 2.14 bits per heavy atom. The van der Waals surface area contributed by atoms with Gasteiger partial charge in [0.15, 0.2) is 0 Å². The molecule has 0 radical (unpaired) electrons. The van der Waals surface area contributed by atoms with Crippen molar-refractivity contribution in [3.63, 3.8) is 0 Å². The fourth-order valence-corrected chi connectivity index (χ4v) is 3.25. The molecule has 1 N–H and O–H groups in total. The SMILES string of the molecule is CCNC(Cc1ccc2ccccc2n1)C1COC(C)C1. The van der Waals surface area contributed by atoms with Crippen LogP contribution in [0.3, 0.4) is 0 Å². The molecule has 21 heavy (non-hydrogen) atoms. The standard InChI is InChI=1S/C18H24N2O/c1-3-19-18(15-10-13(2)21-12-15)11-16-9-8-14-6-4-5-7-17(14)20-16/h4-9,13,15,18-19H,3,10-12H2,1-2H3. The number of hydrogen-bond acceptors (Lipinski definition) is 3. The molecule has 1 fully saturated rings. The summed E-state index contributed by atoms with van der Waals surface area (Å²) in [4.78, 5) is 4.81. The van der Waals surface area contributed by atoms with Gasteiger partial charge in [-0.15, -0.1) is 0 Å². The van der Waals surface area contributed by atoms with E-state index in [1.165, 1.54) is 11.1 Å². The molecule has 1 aromatic heterocycles. The zero-order chi connectivity index (χ0) is 14.7. The van der Waals surface area contributed by atoms with Crippen molar-refractivity contribution < 1.29 is 4.74 Å². The summed E-state index contributed by atoms with van der Waals surface area (Å²) in [6, 6.07) is 13.1. The molecule has 3 atom stereocenters. The van der Waals surface area contributed by atoms with Gasteiger partial charge in [-0.3, -0.25) is 4.98 Å². The van der Waals surface area contributed by atoms with Crippen LogP contribution in [0, 0.1) is 5.92 Å². The molecule has 3 unspecified atom stereocenters.